The van der Waals surface area contributed by atoms with Gasteiger partial charge >= 0.3 is 0 Å². The number of halogens is 1. The van der Waals surface area contributed by atoms with Gasteiger partial charge in [0.05, 0.1) is 12.7 Å². The van der Waals surface area contributed by atoms with Crippen LogP contribution >= 0.6 is 11.6 Å². The first kappa shape index (κ1) is 13.4. The van der Waals surface area contributed by atoms with E-state index in [4.69, 9.17) is 16.3 Å². The van der Waals surface area contributed by atoms with Crippen LogP contribution in [0.25, 0.3) is 0 Å². The van der Waals surface area contributed by atoms with Crippen molar-refractivity contribution in [1.29, 1.82) is 0 Å². The fraction of sp³-hybridized carbons (Fsp3) is 0.500. The van der Waals surface area contributed by atoms with Crippen LogP contribution in [0.15, 0.2) is 24.3 Å². The fourth-order valence-electron chi connectivity index (χ4n) is 2.07. The maximum absolute atomic E-state index is 12.3. The molecule has 0 aromatic heterocycles. The van der Waals surface area contributed by atoms with Gasteiger partial charge in [-0.1, -0.05) is 19.1 Å². The summed E-state index contributed by atoms with van der Waals surface area (Å²) in [5, 5.41) is 0. The number of rotatable bonds is 3. The van der Waals surface area contributed by atoms with Crippen molar-refractivity contribution in [3.8, 4) is 0 Å². The molecule has 0 aliphatic carbocycles. The van der Waals surface area contributed by atoms with E-state index in [-0.39, 0.29) is 12.0 Å². The summed E-state index contributed by atoms with van der Waals surface area (Å²) in [5.74, 6) is 0.557. The van der Waals surface area contributed by atoms with E-state index in [0.717, 1.165) is 17.5 Å². The molecule has 3 nitrogen and oxygen atoms in total. The van der Waals surface area contributed by atoms with Gasteiger partial charge in [0, 0.05) is 24.5 Å². The van der Waals surface area contributed by atoms with Crippen molar-refractivity contribution in [2.75, 3.05) is 19.7 Å². The zero-order chi connectivity index (χ0) is 13.0. The topological polar surface area (TPSA) is 29.5 Å². The Kier molecular flexibility index (Phi) is 4.61. The highest BCUT2D eigenvalue weighted by atomic mass is 35.5. The van der Waals surface area contributed by atoms with Crippen LogP contribution in [0.5, 0.6) is 0 Å². The van der Waals surface area contributed by atoms with E-state index in [1.807, 2.05) is 29.2 Å². The molecule has 0 bridgehead atoms. The van der Waals surface area contributed by atoms with Gasteiger partial charge in [-0.2, -0.15) is 0 Å². The minimum absolute atomic E-state index is 0.0814. The molecule has 1 amide bonds. The summed E-state index contributed by atoms with van der Waals surface area (Å²) >= 11 is 5.73. The van der Waals surface area contributed by atoms with Crippen molar-refractivity contribution in [1.82, 2.24) is 4.90 Å². The number of carbonyl (C=O) groups excluding carboxylic acids is 1. The van der Waals surface area contributed by atoms with Crippen LogP contribution < -0.4 is 0 Å². The third-order valence-corrected chi connectivity index (χ3v) is 3.55. The SMILES string of the molecule is CCC1CN(C(=O)c2ccc(CCl)cc2)CCO1. The standard InChI is InChI=1S/C14H18ClNO2/c1-2-13-10-16(7-8-18-13)14(17)12-5-3-11(9-15)4-6-12/h3-6,13H,2,7-10H2,1H3. The molecule has 98 valence electrons. The summed E-state index contributed by atoms with van der Waals surface area (Å²) in [7, 11) is 0. The minimum Gasteiger partial charge on any atom is -0.375 e. The molecule has 1 saturated heterocycles. The van der Waals surface area contributed by atoms with Gasteiger partial charge in [-0.05, 0) is 24.1 Å². The van der Waals surface area contributed by atoms with Gasteiger partial charge in [-0.3, -0.25) is 4.79 Å². The quantitative estimate of drug-likeness (QED) is 0.788. The number of benzene rings is 1. The Morgan fingerprint density at radius 2 is 2.17 bits per heavy atom. The second-order valence-corrected chi connectivity index (χ2v) is 4.75. The van der Waals surface area contributed by atoms with Crippen LogP contribution in [0.2, 0.25) is 0 Å². The third-order valence-electron chi connectivity index (χ3n) is 3.24. The Labute approximate surface area is 113 Å². The van der Waals surface area contributed by atoms with Gasteiger partial charge in [-0.25, -0.2) is 0 Å². The Hall–Kier alpha value is -1.06. The summed E-state index contributed by atoms with van der Waals surface area (Å²) in [6.45, 7) is 4.07. The molecule has 1 aromatic carbocycles. The van der Waals surface area contributed by atoms with Crippen LogP contribution in [0.1, 0.15) is 29.3 Å². The summed E-state index contributed by atoms with van der Waals surface area (Å²) < 4.78 is 5.57. The summed E-state index contributed by atoms with van der Waals surface area (Å²) in [6, 6.07) is 7.49. The van der Waals surface area contributed by atoms with Crippen molar-refractivity contribution in [3.05, 3.63) is 35.4 Å². The zero-order valence-electron chi connectivity index (χ0n) is 10.6. The highest BCUT2D eigenvalue weighted by Gasteiger charge is 2.23. The molecule has 1 fully saturated rings. The molecule has 1 aliphatic heterocycles. The van der Waals surface area contributed by atoms with Crippen molar-refractivity contribution in [3.63, 3.8) is 0 Å². The van der Waals surface area contributed by atoms with Crippen LogP contribution in [-0.4, -0.2) is 36.6 Å². The molecule has 4 heteroatoms. The van der Waals surface area contributed by atoms with Crippen LogP contribution in [-0.2, 0) is 10.6 Å². The molecule has 1 atom stereocenters. The molecule has 2 rings (SSSR count). The molecule has 0 spiro atoms. The van der Waals surface area contributed by atoms with E-state index in [9.17, 15) is 4.79 Å². The highest BCUT2D eigenvalue weighted by Crippen LogP contribution is 2.14. The third kappa shape index (κ3) is 3.03. The molecule has 1 heterocycles. The molecule has 0 N–H and O–H groups in total. The summed E-state index contributed by atoms with van der Waals surface area (Å²) in [5.41, 5.74) is 1.75. The fourth-order valence-corrected chi connectivity index (χ4v) is 2.25. The number of nitrogens with zero attached hydrogens (tertiary/aromatic N) is 1. The largest absolute Gasteiger partial charge is 0.375 e. The Balaban J connectivity index is 2.05. The molecule has 18 heavy (non-hydrogen) atoms. The smallest absolute Gasteiger partial charge is 0.254 e. The number of morpholine rings is 1. The van der Waals surface area contributed by atoms with Gasteiger partial charge in [-0.15, -0.1) is 11.6 Å². The van der Waals surface area contributed by atoms with Crippen LogP contribution in [0.4, 0.5) is 0 Å². The number of amides is 1. The molecular weight excluding hydrogens is 250 g/mol. The normalized spacial score (nSPS) is 19.9. The first-order valence-corrected chi connectivity index (χ1v) is 6.83. The van der Waals surface area contributed by atoms with Gasteiger partial charge in [0.1, 0.15) is 0 Å². The predicted molar refractivity (Wildman–Crippen MR) is 71.9 cm³/mol. The number of hydrogen-bond donors (Lipinski definition) is 0. The lowest BCUT2D eigenvalue weighted by Crippen LogP contribution is -2.45. The lowest BCUT2D eigenvalue weighted by molar-refractivity contribution is -0.0226. The Morgan fingerprint density at radius 3 is 2.78 bits per heavy atom. The summed E-state index contributed by atoms with van der Waals surface area (Å²) in [6.07, 6.45) is 1.11. The van der Waals surface area contributed by atoms with Crippen molar-refractivity contribution >= 4 is 17.5 Å². The molecule has 1 unspecified atom stereocenters. The van der Waals surface area contributed by atoms with Gasteiger partial charge in [0.15, 0.2) is 0 Å². The van der Waals surface area contributed by atoms with Crippen molar-refractivity contribution < 1.29 is 9.53 Å². The van der Waals surface area contributed by atoms with E-state index >= 15 is 0 Å². The Bertz CT molecular complexity index is 405. The molecule has 1 aliphatic rings. The maximum atomic E-state index is 12.3. The zero-order valence-corrected chi connectivity index (χ0v) is 11.3. The van der Waals surface area contributed by atoms with E-state index < -0.39 is 0 Å². The number of alkyl halides is 1. The van der Waals surface area contributed by atoms with Crippen LogP contribution in [0, 0.1) is 0 Å². The highest BCUT2D eigenvalue weighted by molar-refractivity contribution is 6.17. The average Bonchev–Trinajstić information content (AvgIpc) is 2.46. The van der Waals surface area contributed by atoms with E-state index in [1.54, 1.807) is 0 Å². The van der Waals surface area contributed by atoms with Crippen molar-refractivity contribution in [2.24, 2.45) is 0 Å². The molecule has 0 radical (unpaired) electrons. The van der Waals surface area contributed by atoms with E-state index in [2.05, 4.69) is 6.92 Å². The monoisotopic (exact) mass is 267 g/mol. The van der Waals surface area contributed by atoms with Crippen molar-refractivity contribution in [2.45, 2.75) is 25.3 Å². The van der Waals surface area contributed by atoms with E-state index in [0.29, 0.717) is 25.6 Å². The minimum atomic E-state index is 0.0814. The average molecular weight is 268 g/mol. The second-order valence-electron chi connectivity index (χ2n) is 4.48. The van der Waals surface area contributed by atoms with Gasteiger partial charge in [0.2, 0.25) is 0 Å². The maximum Gasteiger partial charge on any atom is 0.254 e. The lowest BCUT2D eigenvalue weighted by atomic mass is 10.1. The molecule has 1 aromatic rings. The van der Waals surface area contributed by atoms with E-state index in [1.165, 1.54) is 0 Å². The summed E-state index contributed by atoms with van der Waals surface area (Å²) in [4.78, 5) is 14.2. The number of hydrogen-bond acceptors (Lipinski definition) is 2. The number of carbonyl (C=O) groups is 1. The molecular formula is C14H18ClNO2. The molecule has 0 saturated carbocycles. The predicted octanol–water partition coefficient (Wildman–Crippen LogP) is 2.68. The van der Waals surface area contributed by atoms with Gasteiger partial charge in [0.25, 0.3) is 5.91 Å². The first-order valence-electron chi connectivity index (χ1n) is 6.30. The lowest BCUT2D eigenvalue weighted by Gasteiger charge is -2.32. The Morgan fingerprint density at radius 1 is 1.44 bits per heavy atom. The van der Waals surface area contributed by atoms with Crippen LogP contribution in [0.3, 0.4) is 0 Å². The first-order chi connectivity index (χ1) is 8.74. The number of ether oxygens (including phenoxy) is 1. The van der Waals surface area contributed by atoms with Gasteiger partial charge < -0.3 is 9.64 Å². The second kappa shape index (κ2) is 6.21.